The molecule has 4 heteroatoms. The van der Waals surface area contributed by atoms with Gasteiger partial charge in [-0.3, -0.25) is 4.79 Å². The maximum absolute atomic E-state index is 11.8. The summed E-state index contributed by atoms with van der Waals surface area (Å²) in [5.74, 6) is -0.756. The molecule has 0 radical (unpaired) electrons. The van der Waals surface area contributed by atoms with Crippen molar-refractivity contribution < 1.29 is 13.2 Å². The summed E-state index contributed by atoms with van der Waals surface area (Å²) in [4.78, 5) is 11.1. The highest BCUT2D eigenvalue weighted by Crippen LogP contribution is 2.18. The Balaban J connectivity index is 3.26. The van der Waals surface area contributed by atoms with Crippen molar-refractivity contribution >= 4 is 15.6 Å². The number of carbonyl (C=O) groups excluding carboxylic acids is 1. The molecule has 0 heterocycles. The monoisotopic (exact) mass is 226 g/mol. The molecule has 1 aromatic rings. The van der Waals surface area contributed by atoms with Crippen LogP contribution in [0.5, 0.6) is 0 Å². The number of benzene rings is 1. The van der Waals surface area contributed by atoms with Crippen LogP contribution in [-0.4, -0.2) is 20.0 Å². The lowest BCUT2D eigenvalue weighted by molar-refractivity contribution is -0.114. The molecule has 1 rings (SSSR count). The predicted molar refractivity (Wildman–Crippen MR) is 58.6 cm³/mol. The van der Waals surface area contributed by atoms with Crippen molar-refractivity contribution in [3.63, 3.8) is 0 Å². The van der Waals surface area contributed by atoms with Crippen LogP contribution in [-0.2, 0) is 14.6 Å². The molecule has 82 valence electrons. The summed E-state index contributed by atoms with van der Waals surface area (Å²) in [6.45, 7) is 4.83. The van der Waals surface area contributed by atoms with Gasteiger partial charge in [0.2, 0.25) is 0 Å². The third kappa shape index (κ3) is 2.89. The first-order valence-electron chi connectivity index (χ1n) is 4.62. The van der Waals surface area contributed by atoms with Gasteiger partial charge in [0.05, 0.1) is 4.90 Å². The Hall–Kier alpha value is -1.16. The van der Waals surface area contributed by atoms with Gasteiger partial charge in [-0.25, -0.2) is 8.42 Å². The second-order valence-corrected chi connectivity index (χ2v) is 5.69. The molecule has 3 nitrogen and oxygen atoms in total. The second-order valence-electron chi connectivity index (χ2n) is 3.73. The summed E-state index contributed by atoms with van der Waals surface area (Å²) in [6, 6.07) is 5.21. The van der Waals surface area contributed by atoms with E-state index >= 15 is 0 Å². The van der Waals surface area contributed by atoms with Crippen LogP contribution in [0.3, 0.4) is 0 Å². The van der Waals surface area contributed by atoms with Gasteiger partial charge in [0.25, 0.3) is 0 Å². The van der Waals surface area contributed by atoms with Crippen molar-refractivity contribution in [2.24, 2.45) is 0 Å². The molecule has 0 aliphatic carbocycles. The second kappa shape index (κ2) is 4.14. The van der Waals surface area contributed by atoms with E-state index in [0.717, 1.165) is 5.56 Å². The number of carbonyl (C=O) groups is 1. The molecule has 0 spiro atoms. The average Bonchev–Trinajstić information content (AvgIpc) is 2.06. The molecule has 0 aliphatic rings. The van der Waals surface area contributed by atoms with Crippen molar-refractivity contribution in [2.75, 3.05) is 5.75 Å². The van der Waals surface area contributed by atoms with E-state index in [-0.39, 0.29) is 10.7 Å². The topological polar surface area (TPSA) is 51.2 Å². The Morgan fingerprint density at radius 3 is 2.40 bits per heavy atom. The van der Waals surface area contributed by atoms with Crippen LogP contribution in [0.1, 0.15) is 18.1 Å². The number of rotatable bonds is 3. The molecule has 0 bridgehead atoms. The summed E-state index contributed by atoms with van der Waals surface area (Å²) in [7, 11) is -3.46. The molecular weight excluding hydrogens is 212 g/mol. The number of sulfone groups is 1. The van der Waals surface area contributed by atoms with Crippen LogP contribution < -0.4 is 0 Å². The summed E-state index contributed by atoms with van der Waals surface area (Å²) >= 11 is 0. The van der Waals surface area contributed by atoms with Gasteiger partial charge in [0.1, 0.15) is 11.5 Å². The molecule has 0 saturated carbocycles. The largest absolute Gasteiger partial charge is 0.299 e. The minimum Gasteiger partial charge on any atom is -0.299 e. The van der Waals surface area contributed by atoms with Gasteiger partial charge in [0.15, 0.2) is 9.84 Å². The Bertz CT molecular complexity index is 487. The Kier molecular flexibility index (Phi) is 3.29. The molecule has 0 N–H and O–H groups in total. The Morgan fingerprint density at radius 1 is 1.27 bits per heavy atom. The summed E-state index contributed by atoms with van der Waals surface area (Å²) < 4.78 is 23.6. The van der Waals surface area contributed by atoms with Gasteiger partial charge in [0, 0.05) is 0 Å². The van der Waals surface area contributed by atoms with Crippen LogP contribution >= 0.6 is 0 Å². The van der Waals surface area contributed by atoms with E-state index in [1.807, 2.05) is 13.0 Å². The summed E-state index contributed by atoms with van der Waals surface area (Å²) in [5, 5.41) is 0. The van der Waals surface area contributed by atoms with E-state index in [0.29, 0.717) is 5.56 Å². The minimum absolute atomic E-state index is 0.262. The SMILES string of the molecule is CC(=O)CS(=O)(=O)c1cc(C)ccc1C. The van der Waals surface area contributed by atoms with Crippen molar-refractivity contribution in [3.8, 4) is 0 Å². The van der Waals surface area contributed by atoms with Crippen LogP contribution in [0.15, 0.2) is 23.1 Å². The van der Waals surface area contributed by atoms with Crippen molar-refractivity contribution in [3.05, 3.63) is 29.3 Å². The highest BCUT2D eigenvalue weighted by Gasteiger charge is 2.18. The molecule has 0 aromatic heterocycles. The van der Waals surface area contributed by atoms with E-state index < -0.39 is 15.6 Å². The Morgan fingerprint density at radius 2 is 1.87 bits per heavy atom. The fraction of sp³-hybridized carbons (Fsp3) is 0.364. The molecule has 0 unspecified atom stereocenters. The zero-order chi connectivity index (χ0) is 11.6. The number of hydrogen-bond donors (Lipinski definition) is 0. The molecule has 0 saturated heterocycles. The number of ketones is 1. The third-order valence-corrected chi connectivity index (χ3v) is 3.97. The maximum Gasteiger partial charge on any atom is 0.185 e. The van der Waals surface area contributed by atoms with Gasteiger partial charge < -0.3 is 0 Å². The highest BCUT2D eigenvalue weighted by atomic mass is 32.2. The lowest BCUT2D eigenvalue weighted by atomic mass is 10.2. The minimum atomic E-state index is -3.46. The fourth-order valence-corrected chi connectivity index (χ4v) is 3.00. The fourth-order valence-electron chi connectivity index (χ4n) is 1.39. The number of Topliss-reactive ketones (excluding diaryl/α,β-unsaturated/α-hetero) is 1. The van der Waals surface area contributed by atoms with E-state index in [1.54, 1.807) is 19.1 Å². The standard InChI is InChI=1S/C11H14O3S/c1-8-4-5-9(2)11(6-8)15(13,14)7-10(3)12/h4-6H,7H2,1-3H3. The number of aryl methyl sites for hydroxylation is 2. The van der Waals surface area contributed by atoms with Crippen LogP contribution in [0.25, 0.3) is 0 Å². The van der Waals surface area contributed by atoms with Gasteiger partial charge in [-0.15, -0.1) is 0 Å². The molecule has 0 atom stereocenters. The van der Waals surface area contributed by atoms with E-state index in [9.17, 15) is 13.2 Å². The van der Waals surface area contributed by atoms with Crippen LogP contribution in [0.4, 0.5) is 0 Å². The van der Waals surface area contributed by atoms with Crippen molar-refractivity contribution in [1.82, 2.24) is 0 Å². The molecule has 15 heavy (non-hydrogen) atoms. The molecular formula is C11H14O3S. The van der Waals surface area contributed by atoms with E-state index in [1.165, 1.54) is 6.92 Å². The molecule has 0 fully saturated rings. The van der Waals surface area contributed by atoms with Crippen molar-refractivity contribution in [1.29, 1.82) is 0 Å². The maximum atomic E-state index is 11.8. The molecule has 1 aromatic carbocycles. The smallest absolute Gasteiger partial charge is 0.185 e. The first-order valence-corrected chi connectivity index (χ1v) is 6.27. The van der Waals surface area contributed by atoms with Gasteiger partial charge in [-0.05, 0) is 38.0 Å². The van der Waals surface area contributed by atoms with Crippen LogP contribution in [0.2, 0.25) is 0 Å². The van der Waals surface area contributed by atoms with E-state index in [2.05, 4.69) is 0 Å². The first-order chi connectivity index (χ1) is 6.83. The highest BCUT2D eigenvalue weighted by molar-refractivity contribution is 7.92. The quantitative estimate of drug-likeness (QED) is 0.787. The molecule has 0 amide bonds. The first kappa shape index (κ1) is 11.9. The number of hydrogen-bond acceptors (Lipinski definition) is 3. The predicted octanol–water partition coefficient (Wildman–Crippen LogP) is 1.67. The zero-order valence-electron chi connectivity index (χ0n) is 9.07. The normalized spacial score (nSPS) is 11.4. The Labute approximate surface area is 90.0 Å². The third-order valence-electron chi connectivity index (χ3n) is 2.07. The van der Waals surface area contributed by atoms with Crippen molar-refractivity contribution in [2.45, 2.75) is 25.7 Å². The van der Waals surface area contributed by atoms with E-state index in [4.69, 9.17) is 0 Å². The van der Waals surface area contributed by atoms with Gasteiger partial charge in [-0.2, -0.15) is 0 Å². The average molecular weight is 226 g/mol. The van der Waals surface area contributed by atoms with Gasteiger partial charge >= 0.3 is 0 Å². The molecule has 0 aliphatic heterocycles. The van der Waals surface area contributed by atoms with Crippen LogP contribution in [0, 0.1) is 13.8 Å². The van der Waals surface area contributed by atoms with Gasteiger partial charge in [-0.1, -0.05) is 12.1 Å². The lowest BCUT2D eigenvalue weighted by Gasteiger charge is -2.06. The lowest BCUT2D eigenvalue weighted by Crippen LogP contribution is -2.14. The summed E-state index contributed by atoms with van der Waals surface area (Å²) in [5.41, 5.74) is 1.56. The summed E-state index contributed by atoms with van der Waals surface area (Å²) in [6.07, 6.45) is 0. The zero-order valence-corrected chi connectivity index (χ0v) is 9.89.